The molecule has 264 valence electrons. The Labute approximate surface area is 294 Å². The number of nitrogens with one attached hydrogen (secondary N) is 2. The third-order valence-electron chi connectivity index (χ3n) is 8.40. The van der Waals surface area contributed by atoms with Crippen molar-refractivity contribution in [2.45, 2.75) is 83.8 Å². The highest BCUT2D eigenvalue weighted by Crippen LogP contribution is 2.24. The van der Waals surface area contributed by atoms with E-state index >= 15 is 0 Å². The van der Waals surface area contributed by atoms with E-state index < -0.39 is 36.5 Å². The number of aliphatic hydroxyl groups excluding tert-OH is 1. The zero-order valence-corrected chi connectivity index (χ0v) is 29.3. The van der Waals surface area contributed by atoms with Gasteiger partial charge in [0.2, 0.25) is 5.91 Å². The van der Waals surface area contributed by atoms with Gasteiger partial charge in [-0.3, -0.25) is 9.59 Å². The zero-order chi connectivity index (χ0) is 36.1. The molecular weight excluding hydrogens is 632 g/mol. The van der Waals surface area contributed by atoms with Crippen LogP contribution < -0.4 is 15.4 Å². The van der Waals surface area contributed by atoms with Crippen molar-refractivity contribution >= 4 is 17.8 Å². The van der Waals surface area contributed by atoms with Gasteiger partial charge in [-0.25, -0.2) is 14.8 Å². The van der Waals surface area contributed by atoms with E-state index in [9.17, 15) is 19.5 Å². The second-order valence-corrected chi connectivity index (χ2v) is 13.4. The minimum Gasteiger partial charge on any atom is -0.494 e. The van der Waals surface area contributed by atoms with Crippen LogP contribution in [0.3, 0.4) is 0 Å². The number of carbonyl (C=O) groups is 3. The van der Waals surface area contributed by atoms with Crippen LogP contribution in [0.25, 0.3) is 22.5 Å². The molecule has 0 bridgehead atoms. The highest BCUT2D eigenvalue weighted by molar-refractivity contribution is 5.97. The molecule has 1 heterocycles. The largest absolute Gasteiger partial charge is 0.494 e. The molecule has 1 unspecified atom stereocenters. The van der Waals surface area contributed by atoms with Crippen LogP contribution in [0.2, 0.25) is 0 Å². The van der Waals surface area contributed by atoms with Crippen molar-refractivity contribution in [2.24, 2.45) is 0 Å². The fraction of sp³-hybridized carbons (Fsp3) is 0.375. The third-order valence-corrected chi connectivity index (χ3v) is 8.40. The molecule has 0 saturated heterocycles. The van der Waals surface area contributed by atoms with Crippen LogP contribution in [-0.2, 0) is 21.4 Å². The number of nitrogens with zero attached hydrogens (tertiary/aromatic N) is 2. The number of amides is 2. The molecule has 10 nitrogen and oxygen atoms in total. The molecule has 10 heteroatoms. The summed E-state index contributed by atoms with van der Waals surface area (Å²) in [5.74, 6) is -1.15. The minimum absolute atomic E-state index is 0.0869. The number of unbranched alkanes of at least 4 members (excludes halogenated alkanes) is 4. The summed E-state index contributed by atoms with van der Waals surface area (Å²) in [6.45, 7) is 8.66. The second kappa shape index (κ2) is 18.1. The number of aromatic nitrogens is 2. The van der Waals surface area contributed by atoms with Crippen LogP contribution in [0, 0.1) is 0 Å². The van der Waals surface area contributed by atoms with Crippen molar-refractivity contribution < 1.29 is 29.3 Å². The van der Waals surface area contributed by atoms with Crippen molar-refractivity contribution in [1.29, 1.82) is 0 Å². The Balaban J connectivity index is 1.40. The van der Waals surface area contributed by atoms with Gasteiger partial charge >= 0.3 is 5.97 Å². The Morgan fingerprint density at radius 3 is 2.02 bits per heavy atom. The summed E-state index contributed by atoms with van der Waals surface area (Å²) in [7, 11) is 0. The molecule has 0 aliphatic rings. The summed E-state index contributed by atoms with van der Waals surface area (Å²) >= 11 is 0. The van der Waals surface area contributed by atoms with E-state index in [1.807, 2.05) is 60.7 Å². The first-order chi connectivity index (χ1) is 23.9. The smallest absolute Gasteiger partial charge is 0.334 e. The van der Waals surface area contributed by atoms with Gasteiger partial charge in [0.25, 0.3) is 5.91 Å². The summed E-state index contributed by atoms with van der Waals surface area (Å²) in [4.78, 5) is 46.5. The zero-order valence-electron chi connectivity index (χ0n) is 29.3. The first kappa shape index (κ1) is 37.7. The Morgan fingerprint density at radius 1 is 0.800 bits per heavy atom. The Kier molecular flexibility index (Phi) is 13.6. The van der Waals surface area contributed by atoms with Gasteiger partial charge in [0.1, 0.15) is 11.8 Å². The maximum Gasteiger partial charge on any atom is 0.334 e. The van der Waals surface area contributed by atoms with Crippen molar-refractivity contribution in [2.75, 3.05) is 13.2 Å². The molecule has 0 saturated carbocycles. The lowest BCUT2D eigenvalue weighted by Crippen LogP contribution is -2.50. The maximum atomic E-state index is 13.2. The first-order valence-corrected chi connectivity index (χ1v) is 17.2. The Hall–Kier alpha value is -5.09. The lowest BCUT2D eigenvalue weighted by atomic mass is 9.86. The third kappa shape index (κ3) is 11.2. The molecule has 0 aliphatic heterocycles. The van der Waals surface area contributed by atoms with Crippen LogP contribution in [-0.4, -0.2) is 63.3 Å². The Bertz CT molecular complexity index is 1680. The molecule has 3 aromatic carbocycles. The molecular formula is C40H48N4O6. The monoisotopic (exact) mass is 680 g/mol. The first-order valence-electron chi connectivity index (χ1n) is 17.2. The molecule has 0 fully saturated rings. The van der Waals surface area contributed by atoms with Gasteiger partial charge in [0.05, 0.1) is 13.2 Å². The van der Waals surface area contributed by atoms with Gasteiger partial charge in [0.15, 0.2) is 11.9 Å². The SMILES string of the molecule is CCCCCCCOc1ccc(-c2cnc(-c3ccc(C[C@H](NC(=O)c4ccc(C(C)(C)C)cc4)C(=O)NCC(O)C(=O)O)cc3)nc2)cc1. The quantitative estimate of drug-likeness (QED) is 0.0941. The standard InChI is InChI=1S/C40H48N4O6/c1-5-6-7-8-9-22-50-33-20-16-28(17-21-33)31-24-41-36(42-25-31)29-12-10-27(11-13-29)23-34(38(47)43-26-35(45)39(48)49)44-37(46)30-14-18-32(19-15-30)40(2,3)4/h10-21,24-25,34-35,45H,5-9,22-23,26H2,1-4H3,(H,43,47)(H,44,46)(H,48,49)/t34-,35?/m0/s1. The fourth-order valence-corrected chi connectivity index (χ4v) is 5.27. The molecule has 2 amide bonds. The molecule has 1 aromatic heterocycles. The number of aliphatic hydroxyl groups is 1. The molecule has 4 rings (SSSR count). The lowest BCUT2D eigenvalue weighted by Gasteiger charge is -2.21. The van der Waals surface area contributed by atoms with E-state index in [0.29, 0.717) is 18.0 Å². The van der Waals surface area contributed by atoms with Gasteiger partial charge in [-0.05, 0) is 52.8 Å². The van der Waals surface area contributed by atoms with E-state index in [1.165, 1.54) is 25.7 Å². The summed E-state index contributed by atoms with van der Waals surface area (Å²) in [5, 5.41) is 23.9. The maximum absolute atomic E-state index is 13.2. The normalized spacial score (nSPS) is 12.5. The number of benzene rings is 3. The van der Waals surface area contributed by atoms with E-state index in [-0.39, 0.29) is 11.8 Å². The number of aliphatic carboxylic acids is 1. The number of rotatable bonds is 17. The minimum atomic E-state index is -1.77. The number of ether oxygens (including phenoxy) is 1. The number of hydrogen-bond acceptors (Lipinski definition) is 7. The summed E-state index contributed by atoms with van der Waals surface area (Å²) < 4.78 is 5.88. The summed E-state index contributed by atoms with van der Waals surface area (Å²) in [6, 6.07) is 21.4. The topological polar surface area (TPSA) is 151 Å². The van der Waals surface area contributed by atoms with Gasteiger partial charge in [-0.15, -0.1) is 0 Å². The van der Waals surface area contributed by atoms with E-state index in [0.717, 1.165) is 40.0 Å². The van der Waals surface area contributed by atoms with Gasteiger partial charge in [0, 0.05) is 35.5 Å². The summed E-state index contributed by atoms with van der Waals surface area (Å²) in [6.07, 6.45) is 7.88. The molecule has 0 aliphatic carbocycles. The van der Waals surface area contributed by atoms with Crippen LogP contribution in [0.5, 0.6) is 5.75 Å². The number of carbonyl (C=O) groups excluding carboxylic acids is 2. The molecule has 0 spiro atoms. The fourth-order valence-electron chi connectivity index (χ4n) is 5.27. The van der Waals surface area contributed by atoms with Crippen molar-refractivity contribution in [3.8, 4) is 28.3 Å². The van der Waals surface area contributed by atoms with E-state index in [2.05, 4.69) is 48.3 Å². The van der Waals surface area contributed by atoms with Crippen molar-refractivity contribution in [1.82, 2.24) is 20.6 Å². The number of carboxylic acids is 1. The van der Waals surface area contributed by atoms with Gasteiger partial charge in [-0.2, -0.15) is 0 Å². The highest BCUT2D eigenvalue weighted by Gasteiger charge is 2.24. The van der Waals surface area contributed by atoms with E-state index in [4.69, 9.17) is 9.84 Å². The molecule has 4 N–H and O–H groups in total. The average Bonchev–Trinajstić information content (AvgIpc) is 3.12. The van der Waals surface area contributed by atoms with Crippen LogP contribution in [0.15, 0.2) is 85.2 Å². The molecule has 50 heavy (non-hydrogen) atoms. The highest BCUT2D eigenvalue weighted by atomic mass is 16.5. The van der Waals surface area contributed by atoms with Crippen molar-refractivity contribution in [3.63, 3.8) is 0 Å². The predicted molar refractivity (Wildman–Crippen MR) is 194 cm³/mol. The molecule has 0 radical (unpaired) electrons. The Morgan fingerprint density at radius 2 is 1.42 bits per heavy atom. The average molecular weight is 681 g/mol. The van der Waals surface area contributed by atoms with Crippen LogP contribution in [0.1, 0.15) is 81.3 Å². The van der Waals surface area contributed by atoms with Crippen molar-refractivity contribution in [3.05, 3.63) is 102 Å². The van der Waals surface area contributed by atoms with Crippen LogP contribution in [0.4, 0.5) is 0 Å². The second-order valence-electron chi connectivity index (χ2n) is 13.4. The van der Waals surface area contributed by atoms with Crippen LogP contribution >= 0.6 is 0 Å². The molecule has 2 atom stereocenters. The lowest BCUT2D eigenvalue weighted by molar-refractivity contribution is -0.146. The van der Waals surface area contributed by atoms with Gasteiger partial charge in [-0.1, -0.05) is 102 Å². The van der Waals surface area contributed by atoms with E-state index in [1.54, 1.807) is 24.5 Å². The predicted octanol–water partition coefficient (Wildman–Crippen LogP) is 6.36. The summed E-state index contributed by atoms with van der Waals surface area (Å²) in [5.41, 5.74) is 4.74. The molecule has 4 aromatic rings. The number of carboxylic acid groups (broad SMARTS) is 1. The van der Waals surface area contributed by atoms with Gasteiger partial charge < -0.3 is 25.6 Å². The number of hydrogen-bond donors (Lipinski definition) is 4.